The quantitative estimate of drug-likeness (QED) is 0.488. The standard InChI is InChI=1S/C15H20B/c1-5-15-10(2)11-6-7-12(11)13(15)8-14(15,3)9-16-4/h5,13H,1-2,6-9H2,3-4H3. The van der Waals surface area contributed by atoms with E-state index in [2.05, 4.69) is 40.3 Å². The summed E-state index contributed by atoms with van der Waals surface area (Å²) in [7, 11) is 2.31. The second kappa shape index (κ2) is 2.94. The van der Waals surface area contributed by atoms with Gasteiger partial charge in [0.15, 0.2) is 0 Å². The Hall–Kier alpha value is -0.715. The van der Waals surface area contributed by atoms with E-state index in [1.54, 1.807) is 11.1 Å². The Labute approximate surface area is 99.7 Å². The molecule has 0 aromatic heterocycles. The summed E-state index contributed by atoms with van der Waals surface area (Å²) in [6.07, 6.45) is 7.33. The lowest BCUT2D eigenvalue weighted by Crippen LogP contribution is -2.54. The first-order valence-corrected chi connectivity index (χ1v) is 6.44. The van der Waals surface area contributed by atoms with Crippen LogP contribution in [0, 0.1) is 16.7 Å². The minimum atomic E-state index is 0.209. The first-order valence-electron chi connectivity index (χ1n) is 6.44. The molecule has 83 valence electrons. The zero-order valence-corrected chi connectivity index (χ0v) is 10.5. The third-order valence-electron chi connectivity index (χ3n) is 5.50. The number of rotatable bonds is 3. The summed E-state index contributed by atoms with van der Waals surface area (Å²) >= 11 is 0. The average molecular weight is 211 g/mol. The molecule has 3 aliphatic rings. The van der Waals surface area contributed by atoms with Gasteiger partial charge < -0.3 is 0 Å². The van der Waals surface area contributed by atoms with Crippen LogP contribution in [-0.2, 0) is 0 Å². The van der Waals surface area contributed by atoms with Gasteiger partial charge in [-0.3, -0.25) is 0 Å². The van der Waals surface area contributed by atoms with E-state index < -0.39 is 0 Å². The summed E-state index contributed by atoms with van der Waals surface area (Å²) < 4.78 is 0. The second-order valence-corrected chi connectivity index (χ2v) is 5.99. The smallest absolute Gasteiger partial charge is 0.102 e. The van der Waals surface area contributed by atoms with E-state index in [0.29, 0.717) is 5.41 Å². The van der Waals surface area contributed by atoms with Crippen LogP contribution in [0.3, 0.4) is 0 Å². The summed E-state index contributed by atoms with van der Waals surface area (Å²) in [6, 6.07) is 0. The lowest BCUT2D eigenvalue weighted by Gasteiger charge is -2.61. The Morgan fingerprint density at radius 1 is 1.50 bits per heavy atom. The fourth-order valence-electron chi connectivity index (χ4n) is 4.63. The summed E-state index contributed by atoms with van der Waals surface area (Å²) in [5.74, 6) is 0.756. The van der Waals surface area contributed by atoms with Crippen LogP contribution in [0.2, 0.25) is 13.1 Å². The van der Waals surface area contributed by atoms with Crippen molar-refractivity contribution in [2.75, 3.05) is 0 Å². The van der Waals surface area contributed by atoms with Gasteiger partial charge in [-0.2, -0.15) is 0 Å². The highest BCUT2D eigenvalue weighted by molar-refractivity contribution is 6.33. The summed E-state index contributed by atoms with van der Waals surface area (Å²) in [6.45, 7) is 13.1. The lowest BCUT2D eigenvalue weighted by molar-refractivity contribution is -0.0191. The van der Waals surface area contributed by atoms with Crippen molar-refractivity contribution in [1.82, 2.24) is 0 Å². The Morgan fingerprint density at radius 3 is 2.69 bits per heavy atom. The molecule has 16 heavy (non-hydrogen) atoms. The molecule has 0 bridgehead atoms. The third kappa shape index (κ3) is 0.825. The van der Waals surface area contributed by atoms with Gasteiger partial charge in [-0.25, -0.2) is 0 Å². The van der Waals surface area contributed by atoms with Crippen molar-refractivity contribution >= 4 is 7.28 Å². The van der Waals surface area contributed by atoms with Gasteiger partial charge in [0.05, 0.1) is 0 Å². The Balaban J connectivity index is 2.03. The zero-order valence-electron chi connectivity index (χ0n) is 10.5. The monoisotopic (exact) mass is 211 g/mol. The van der Waals surface area contributed by atoms with E-state index in [-0.39, 0.29) is 5.41 Å². The lowest BCUT2D eigenvalue weighted by atomic mass is 9.39. The maximum atomic E-state index is 4.40. The maximum absolute atomic E-state index is 4.40. The van der Waals surface area contributed by atoms with Gasteiger partial charge in [-0.15, -0.1) is 6.58 Å². The van der Waals surface area contributed by atoms with Gasteiger partial charge in [0.2, 0.25) is 0 Å². The highest BCUT2D eigenvalue weighted by Crippen LogP contribution is 2.76. The molecule has 1 saturated carbocycles. The minimum Gasteiger partial charge on any atom is -0.102 e. The van der Waals surface area contributed by atoms with Crippen LogP contribution in [0.15, 0.2) is 36.0 Å². The molecule has 3 unspecified atom stereocenters. The molecule has 3 atom stereocenters. The number of hydrogen-bond donors (Lipinski definition) is 0. The van der Waals surface area contributed by atoms with Crippen LogP contribution in [0.25, 0.3) is 0 Å². The summed E-state index contributed by atoms with van der Waals surface area (Å²) in [5.41, 5.74) is 5.32. The SMILES string of the molecule is C=CC12C(=C)C3=C(CC3)C1CC2(C)C[B]C. The van der Waals surface area contributed by atoms with Gasteiger partial charge >= 0.3 is 0 Å². The maximum Gasteiger partial charge on any atom is 0.106 e. The molecule has 0 aromatic carbocycles. The van der Waals surface area contributed by atoms with Crippen molar-refractivity contribution in [2.24, 2.45) is 16.7 Å². The predicted molar refractivity (Wildman–Crippen MR) is 70.7 cm³/mol. The number of hydrogen-bond acceptors (Lipinski definition) is 0. The molecule has 1 fully saturated rings. The predicted octanol–water partition coefficient (Wildman–Crippen LogP) is 4.02. The molecule has 0 spiro atoms. The van der Waals surface area contributed by atoms with Crippen molar-refractivity contribution in [3.8, 4) is 0 Å². The van der Waals surface area contributed by atoms with Gasteiger partial charge in [0.25, 0.3) is 0 Å². The summed E-state index contributed by atoms with van der Waals surface area (Å²) in [4.78, 5) is 0. The van der Waals surface area contributed by atoms with Gasteiger partial charge in [0.1, 0.15) is 7.28 Å². The van der Waals surface area contributed by atoms with Crippen LogP contribution in [0.5, 0.6) is 0 Å². The van der Waals surface area contributed by atoms with E-state index in [1.807, 2.05) is 0 Å². The Bertz CT molecular complexity index is 417. The van der Waals surface area contributed by atoms with Crippen molar-refractivity contribution in [1.29, 1.82) is 0 Å². The van der Waals surface area contributed by atoms with E-state index >= 15 is 0 Å². The molecule has 3 rings (SSSR count). The Kier molecular flexibility index (Phi) is 1.92. The van der Waals surface area contributed by atoms with Gasteiger partial charge in [0, 0.05) is 5.41 Å². The molecule has 3 aliphatic carbocycles. The van der Waals surface area contributed by atoms with Crippen molar-refractivity contribution in [3.63, 3.8) is 0 Å². The zero-order chi connectivity index (χ0) is 11.6. The van der Waals surface area contributed by atoms with Crippen molar-refractivity contribution < 1.29 is 0 Å². The first kappa shape index (κ1) is 10.4. The molecule has 0 heterocycles. The van der Waals surface area contributed by atoms with Crippen LogP contribution >= 0.6 is 0 Å². The minimum absolute atomic E-state index is 0.209. The van der Waals surface area contributed by atoms with Crippen molar-refractivity contribution in [2.45, 2.75) is 39.3 Å². The highest BCUT2D eigenvalue weighted by atomic mass is 14.7. The normalized spacial score (nSPS) is 44.4. The average Bonchev–Trinajstić information content (AvgIpc) is 2.28. The van der Waals surface area contributed by atoms with Crippen LogP contribution in [-0.4, -0.2) is 7.28 Å². The van der Waals surface area contributed by atoms with Crippen LogP contribution in [0.1, 0.15) is 26.2 Å². The molecule has 1 heteroatoms. The molecular weight excluding hydrogens is 191 g/mol. The molecule has 0 saturated heterocycles. The second-order valence-electron chi connectivity index (χ2n) is 5.99. The van der Waals surface area contributed by atoms with E-state index in [9.17, 15) is 0 Å². The Morgan fingerprint density at radius 2 is 2.25 bits per heavy atom. The van der Waals surface area contributed by atoms with E-state index in [1.165, 1.54) is 31.2 Å². The largest absolute Gasteiger partial charge is 0.106 e. The third-order valence-corrected chi connectivity index (χ3v) is 5.50. The topological polar surface area (TPSA) is 0 Å². The van der Waals surface area contributed by atoms with Gasteiger partial charge in [-0.05, 0) is 41.7 Å². The highest BCUT2D eigenvalue weighted by Gasteiger charge is 2.67. The molecule has 0 aliphatic heterocycles. The van der Waals surface area contributed by atoms with Crippen LogP contribution in [0.4, 0.5) is 0 Å². The molecular formula is C15H20B. The number of fused-ring (bicyclic) bond motifs is 2. The molecule has 0 nitrogen and oxygen atoms in total. The van der Waals surface area contributed by atoms with Crippen LogP contribution < -0.4 is 0 Å². The molecule has 0 N–H and O–H groups in total. The van der Waals surface area contributed by atoms with Crippen molar-refractivity contribution in [3.05, 3.63) is 36.0 Å². The molecule has 0 aromatic rings. The fraction of sp³-hybridized carbons (Fsp3) is 0.600. The first-order chi connectivity index (χ1) is 7.60. The van der Waals surface area contributed by atoms with E-state index in [4.69, 9.17) is 0 Å². The van der Waals surface area contributed by atoms with Gasteiger partial charge in [-0.1, -0.05) is 38.3 Å². The van der Waals surface area contributed by atoms with E-state index in [0.717, 1.165) is 5.92 Å². The molecule has 0 amide bonds. The fourth-order valence-corrected chi connectivity index (χ4v) is 4.63. The molecule has 1 radical (unpaired) electrons. The summed E-state index contributed by atoms with van der Waals surface area (Å²) in [5, 5.41) is 0. The number of allylic oxidation sites excluding steroid dienone is 4.